The number of esters is 1. The third-order valence-electron chi connectivity index (χ3n) is 3.60. The average Bonchev–Trinajstić information content (AvgIpc) is 3.13. The number of ether oxygens (including phenoxy) is 2. The molecular formula is C20H14BrClN2O3S. The summed E-state index contributed by atoms with van der Waals surface area (Å²) in [5.41, 5.74) is 1.90. The number of rotatable bonds is 6. The third kappa shape index (κ3) is 4.90. The van der Waals surface area contributed by atoms with E-state index in [0.29, 0.717) is 33.1 Å². The smallest absolute Gasteiger partial charge is 0.317 e. The molecule has 0 amide bonds. The summed E-state index contributed by atoms with van der Waals surface area (Å²) >= 11 is 10.8. The highest BCUT2D eigenvalue weighted by Crippen LogP contribution is 2.37. The molecule has 0 aliphatic heterocycles. The van der Waals surface area contributed by atoms with Crippen LogP contribution in [-0.2, 0) is 11.2 Å². The lowest BCUT2D eigenvalue weighted by Crippen LogP contribution is -2.13. The number of halogens is 2. The number of benzene rings is 2. The number of carbonyl (C=O) groups is 1. The third-order valence-corrected chi connectivity index (χ3v) is 5.37. The van der Waals surface area contributed by atoms with Crippen LogP contribution in [0.25, 0.3) is 10.6 Å². The van der Waals surface area contributed by atoms with Crippen molar-refractivity contribution in [2.24, 2.45) is 0 Å². The number of nitrogens with zero attached hydrogens (tertiary/aromatic N) is 2. The fourth-order valence-corrected chi connectivity index (χ4v) is 3.96. The molecule has 1 heterocycles. The fourth-order valence-electron chi connectivity index (χ4n) is 2.43. The predicted octanol–water partition coefficient (Wildman–Crippen LogP) is 5.64. The molecule has 2 aromatic carbocycles. The molecule has 142 valence electrons. The Labute approximate surface area is 179 Å². The van der Waals surface area contributed by atoms with E-state index in [1.165, 1.54) is 17.4 Å². The van der Waals surface area contributed by atoms with Crippen molar-refractivity contribution in [3.8, 4) is 28.1 Å². The first-order valence-corrected chi connectivity index (χ1v) is 10.3. The van der Waals surface area contributed by atoms with E-state index in [0.717, 1.165) is 10.6 Å². The molecule has 0 radical (unpaired) electrons. The number of nitriles is 1. The molecule has 0 atom stereocenters. The van der Waals surface area contributed by atoms with Crippen LogP contribution in [0.4, 0.5) is 0 Å². The van der Waals surface area contributed by atoms with Crippen molar-refractivity contribution < 1.29 is 14.3 Å². The van der Waals surface area contributed by atoms with E-state index in [1.807, 2.05) is 36.6 Å². The van der Waals surface area contributed by atoms with Crippen molar-refractivity contribution in [3.05, 3.63) is 62.5 Å². The van der Waals surface area contributed by atoms with Gasteiger partial charge in [-0.25, -0.2) is 4.98 Å². The first-order valence-electron chi connectivity index (χ1n) is 8.27. The minimum atomic E-state index is -0.477. The van der Waals surface area contributed by atoms with Crippen LogP contribution in [-0.4, -0.2) is 17.6 Å². The zero-order chi connectivity index (χ0) is 20.1. The maximum absolute atomic E-state index is 12.4. The number of hydrogen-bond acceptors (Lipinski definition) is 6. The van der Waals surface area contributed by atoms with Crippen LogP contribution in [0.2, 0.25) is 5.02 Å². The number of carbonyl (C=O) groups excluding carboxylic acids is 1. The van der Waals surface area contributed by atoms with Gasteiger partial charge in [-0.3, -0.25) is 4.79 Å². The summed E-state index contributed by atoms with van der Waals surface area (Å²) in [7, 11) is 0. The molecule has 5 nitrogen and oxygen atoms in total. The van der Waals surface area contributed by atoms with Gasteiger partial charge in [0.05, 0.1) is 34.8 Å². The van der Waals surface area contributed by atoms with Crippen LogP contribution >= 0.6 is 38.9 Å². The second kappa shape index (κ2) is 9.20. The number of hydrogen-bond donors (Lipinski definition) is 0. The van der Waals surface area contributed by atoms with E-state index in [9.17, 15) is 4.79 Å². The van der Waals surface area contributed by atoms with Crippen molar-refractivity contribution in [2.45, 2.75) is 13.3 Å². The summed E-state index contributed by atoms with van der Waals surface area (Å²) in [4.78, 5) is 16.9. The van der Waals surface area contributed by atoms with Gasteiger partial charge in [-0.2, -0.15) is 5.26 Å². The maximum atomic E-state index is 12.4. The molecule has 0 bridgehead atoms. The van der Waals surface area contributed by atoms with E-state index in [1.54, 1.807) is 12.1 Å². The van der Waals surface area contributed by atoms with Gasteiger partial charge in [0.15, 0.2) is 11.5 Å². The number of aromatic nitrogens is 1. The Hall–Kier alpha value is -2.40. The molecule has 0 aliphatic carbocycles. The zero-order valence-electron chi connectivity index (χ0n) is 14.7. The van der Waals surface area contributed by atoms with Gasteiger partial charge >= 0.3 is 5.97 Å². The quantitative estimate of drug-likeness (QED) is 0.339. The Morgan fingerprint density at radius 2 is 2.18 bits per heavy atom. The molecule has 3 aromatic rings. The summed E-state index contributed by atoms with van der Waals surface area (Å²) < 4.78 is 11.5. The summed E-state index contributed by atoms with van der Waals surface area (Å²) in [6.07, 6.45) is 0.00900. The predicted molar refractivity (Wildman–Crippen MR) is 112 cm³/mol. The second-order valence-corrected chi connectivity index (χ2v) is 7.78. The maximum Gasteiger partial charge on any atom is 0.317 e. The zero-order valence-corrected chi connectivity index (χ0v) is 17.9. The molecule has 3 rings (SSSR count). The molecule has 8 heteroatoms. The highest BCUT2D eigenvalue weighted by molar-refractivity contribution is 9.10. The van der Waals surface area contributed by atoms with Gasteiger partial charge in [0.1, 0.15) is 5.01 Å². The van der Waals surface area contributed by atoms with Crippen LogP contribution in [0, 0.1) is 11.3 Å². The Bertz CT molecular complexity index is 1060. The largest absolute Gasteiger partial charge is 0.490 e. The van der Waals surface area contributed by atoms with Crippen molar-refractivity contribution in [3.63, 3.8) is 0 Å². The first-order chi connectivity index (χ1) is 13.5. The normalized spacial score (nSPS) is 10.4. The van der Waals surface area contributed by atoms with Gasteiger partial charge < -0.3 is 9.47 Å². The fraction of sp³-hybridized carbons (Fsp3) is 0.150. The lowest BCUT2D eigenvalue weighted by atomic mass is 10.2. The minimum absolute atomic E-state index is 0.00900. The van der Waals surface area contributed by atoms with Crippen LogP contribution in [0.5, 0.6) is 11.5 Å². The molecule has 0 unspecified atom stereocenters. The van der Waals surface area contributed by atoms with Crippen LogP contribution in [0.15, 0.2) is 46.3 Å². The molecular weight excluding hydrogens is 464 g/mol. The van der Waals surface area contributed by atoms with Crippen LogP contribution in [0.3, 0.4) is 0 Å². The standard InChI is InChI=1S/C20H14BrClN2O3S/c1-2-26-17-7-12(10-23)6-16(21)19(17)27-18(25)9-15-11-28-20(24-15)13-4-3-5-14(22)8-13/h3-8,11H,2,9H2,1H3. The molecule has 0 saturated carbocycles. The van der Waals surface area contributed by atoms with Gasteiger partial charge in [0, 0.05) is 22.0 Å². The Balaban J connectivity index is 1.76. The van der Waals surface area contributed by atoms with Gasteiger partial charge in [-0.1, -0.05) is 23.7 Å². The SMILES string of the molecule is CCOc1cc(C#N)cc(Br)c1OC(=O)Cc1csc(-c2cccc(Cl)c2)n1. The molecule has 1 aromatic heterocycles. The van der Waals surface area contributed by atoms with Crippen LogP contribution in [0.1, 0.15) is 18.2 Å². The monoisotopic (exact) mass is 476 g/mol. The number of thiazole rings is 1. The molecule has 0 spiro atoms. The van der Waals surface area contributed by atoms with E-state index in [4.69, 9.17) is 26.3 Å². The Morgan fingerprint density at radius 1 is 1.36 bits per heavy atom. The summed E-state index contributed by atoms with van der Waals surface area (Å²) in [6.45, 7) is 2.19. The van der Waals surface area contributed by atoms with Gasteiger partial charge in [0.25, 0.3) is 0 Å². The summed E-state index contributed by atoms with van der Waals surface area (Å²) in [6, 6.07) is 12.5. The molecule has 28 heavy (non-hydrogen) atoms. The Morgan fingerprint density at radius 3 is 2.89 bits per heavy atom. The van der Waals surface area contributed by atoms with Crippen molar-refractivity contribution in [1.29, 1.82) is 5.26 Å². The molecule has 0 saturated heterocycles. The first kappa shape index (κ1) is 20.3. The van der Waals surface area contributed by atoms with E-state index >= 15 is 0 Å². The summed E-state index contributed by atoms with van der Waals surface area (Å²) in [5.74, 6) is 0.102. The molecule has 0 aliphatic rings. The van der Waals surface area contributed by atoms with Crippen LogP contribution < -0.4 is 9.47 Å². The average molecular weight is 478 g/mol. The summed E-state index contributed by atoms with van der Waals surface area (Å²) in [5, 5.41) is 12.3. The van der Waals surface area contributed by atoms with Crippen molar-refractivity contribution in [1.82, 2.24) is 4.98 Å². The van der Waals surface area contributed by atoms with Crippen molar-refractivity contribution >= 4 is 44.8 Å². The van der Waals surface area contributed by atoms with Gasteiger partial charge in [0.2, 0.25) is 0 Å². The highest BCUT2D eigenvalue weighted by atomic mass is 79.9. The topological polar surface area (TPSA) is 72.2 Å². The minimum Gasteiger partial charge on any atom is -0.490 e. The second-order valence-electron chi connectivity index (χ2n) is 5.64. The molecule has 0 fully saturated rings. The van der Waals surface area contributed by atoms with E-state index in [2.05, 4.69) is 20.9 Å². The van der Waals surface area contributed by atoms with Gasteiger partial charge in [-0.15, -0.1) is 11.3 Å². The van der Waals surface area contributed by atoms with E-state index < -0.39 is 5.97 Å². The lowest BCUT2D eigenvalue weighted by Gasteiger charge is -2.12. The van der Waals surface area contributed by atoms with E-state index in [-0.39, 0.29) is 12.2 Å². The highest BCUT2D eigenvalue weighted by Gasteiger charge is 2.18. The molecule has 0 N–H and O–H groups in total. The van der Waals surface area contributed by atoms with Crippen molar-refractivity contribution in [2.75, 3.05) is 6.61 Å². The van der Waals surface area contributed by atoms with Gasteiger partial charge in [-0.05, 0) is 41.1 Å². The Kier molecular flexibility index (Phi) is 6.68. The lowest BCUT2D eigenvalue weighted by molar-refractivity contribution is -0.133.